The predicted octanol–water partition coefficient (Wildman–Crippen LogP) is 1.88. The topological polar surface area (TPSA) is 54.9 Å². The first-order valence-corrected chi connectivity index (χ1v) is 6.48. The van der Waals surface area contributed by atoms with E-state index in [9.17, 15) is 0 Å². The minimum absolute atomic E-state index is 0. The summed E-state index contributed by atoms with van der Waals surface area (Å²) in [6.45, 7) is 2.92. The molecule has 1 rings (SSSR count). The zero-order valence-electron chi connectivity index (χ0n) is 12.1. The van der Waals surface area contributed by atoms with Gasteiger partial charge in [0.1, 0.15) is 5.75 Å². The largest absolute Gasteiger partial charge is 0.494 e. The van der Waals surface area contributed by atoms with Crippen LogP contribution in [-0.4, -0.2) is 46.4 Å². The molecule has 0 unspecified atom stereocenters. The van der Waals surface area contributed by atoms with Gasteiger partial charge in [-0.05, 0) is 18.6 Å². The van der Waals surface area contributed by atoms with Crippen LogP contribution in [0.15, 0.2) is 35.3 Å². The summed E-state index contributed by atoms with van der Waals surface area (Å²) in [5.74, 6) is 1.70. The maximum Gasteiger partial charge on any atom is 0.191 e. The summed E-state index contributed by atoms with van der Waals surface area (Å²) < 4.78 is 10.6. The number of aliphatic imine (C=N–C) groups is 1. The molecular formula is C14H24IN3O2. The predicted molar refractivity (Wildman–Crippen MR) is 93.2 cm³/mol. The first-order chi connectivity index (χ1) is 9.36. The summed E-state index contributed by atoms with van der Waals surface area (Å²) in [5, 5.41) is 6.37. The van der Waals surface area contributed by atoms with Gasteiger partial charge in [-0.25, -0.2) is 0 Å². The Hall–Kier alpha value is -1.02. The Morgan fingerprint density at radius 1 is 1.10 bits per heavy atom. The first-order valence-electron chi connectivity index (χ1n) is 6.48. The van der Waals surface area contributed by atoms with Crippen molar-refractivity contribution >= 4 is 29.9 Å². The number of methoxy groups -OCH3 is 1. The highest BCUT2D eigenvalue weighted by Crippen LogP contribution is 2.07. The molecule has 0 saturated carbocycles. The third-order valence-corrected chi connectivity index (χ3v) is 2.45. The number of halogens is 1. The molecule has 0 fully saturated rings. The van der Waals surface area contributed by atoms with E-state index in [1.54, 1.807) is 14.2 Å². The fraction of sp³-hybridized carbons (Fsp3) is 0.500. The lowest BCUT2D eigenvalue weighted by Gasteiger charge is -2.11. The Morgan fingerprint density at radius 2 is 1.80 bits per heavy atom. The maximum atomic E-state index is 5.60. The number of hydrogen-bond acceptors (Lipinski definition) is 3. The highest BCUT2D eigenvalue weighted by Gasteiger charge is 1.96. The van der Waals surface area contributed by atoms with Gasteiger partial charge in [-0.15, -0.1) is 24.0 Å². The molecule has 1 aromatic rings. The van der Waals surface area contributed by atoms with Crippen molar-refractivity contribution < 1.29 is 9.47 Å². The quantitative estimate of drug-likeness (QED) is 0.307. The minimum atomic E-state index is 0. The molecule has 0 bridgehead atoms. The van der Waals surface area contributed by atoms with Crippen molar-refractivity contribution in [3.8, 4) is 5.75 Å². The van der Waals surface area contributed by atoms with Gasteiger partial charge in [0.2, 0.25) is 0 Å². The second kappa shape index (κ2) is 13.0. The van der Waals surface area contributed by atoms with Crippen molar-refractivity contribution in [2.75, 3.05) is 40.5 Å². The molecule has 1 aromatic carbocycles. The van der Waals surface area contributed by atoms with Crippen LogP contribution in [0.3, 0.4) is 0 Å². The number of para-hydroxylation sites is 1. The molecule has 0 aliphatic heterocycles. The molecule has 0 aromatic heterocycles. The Bertz CT molecular complexity index is 361. The van der Waals surface area contributed by atoms with Crippen LogP contribution < -0.4 is 15.4 Å². The van der Waals surface area contributed by atoms with E-state index >= 15 is 0 Å². The average Bonchev–Trinajstić information content (AvgIpc) is 2.46. The SMILES string of the molecule is CN=C(NCCCOc1ccccc1)NCCOC.I. The molecule has 0 spiro atoms. The highest BCUT2D eigenvalue weighted by molar-refractivity contribution is 14.0. The molecule has 0 aliphatic rings. The maximum absolute atomic E-state index is 5.60. The Balaban J connectivity index is 0.00000361. The molecule has 0 aliphatic carbocycles. The molecule has 0 amide bonds. The van der Waals surface area contributed by atoms with Crippen LogP contribution in [0.5, 0.6) is 5.75 Å². The molecule has 114 valence electrons. The smallest absolute Gasteiger partial charge is 0.191 e. The van der Waals surface area contributed by atoms with Crippen molar-refractivity contribution in [1.82, 2.24) is 10.6 Å². The Kier molecular flexibility index (Phi) is 12.3. The van der Waals surface area contributed by atoms with Crippen LogP contribution in [0, 0.1) is 0 Å². The number of benzene rings is 1. The van der Waals surface area contributed by atoms with Gasteiger partial charge in [0, 0.05) is 27.2 Å². The zero-order valence-corrected chi connectivity index (χ0v) is 14.4. The zero-order chi connectivity index (χ0) is 13.8. The summed E-state index contributed by atoms with van der Waals surface area (Å²) in [4.78, 5) is 4.11. The van der Waals surface area contributed by atoms with Crippen molar-refractivity contribution in [2.45, 2.75) is 6.42 Å². The lowest BCUT2D eigenvalue weighted by Crippen LogP contribution is -2.39. The van der Waals surface area contributed by atoms with Crippen molar-refractivity contribution in [2.24, 2.45) is 4.99 Å². The monoisotopic (exact) mass is 393 g/mol. The summed E-state index contributed by atoms with van der Waals surface area (Å²) in [5.41, 5.74) is 0. The Morgan fingerprint density at radius 3 is 2.45 bits per heavy atom. The number of hydrogen-bond donors (Lipinski definition) is 2. The van der Waals surface area contributed by atoms with E-state index in [1.807, 2.05) is 30.3 Å². The van der Waals surface area contributed by atoms with Crippen LogP contribution in [0.4, 0.5) is 0 Å². The lowest BCUT2D eigenvalue weighted by molar-refractivity contribution is 0.203. The Labute approximate surface area is 138 Å². The standard InChI is InChI=1S/C14H23N3O2.HI/c1-15-14(17-10-12-18-2)16-9-6-11-19-13-7-4-3-5-8-13;/h3-5,7-8H,6,9-12H2,1-2H3,(H2,15,16,17);1H. The molecule has 0 saturated heterocycles. The van der Waals surface area contributed by atoms with E-state index in [1.165, 1.54) is 0 Å². The molecule has 2 N–H and O–H groups in total. The fourth-order valence-corrected chi connectivity index (χ4v) is 1.48. The van der Waals surface area contributed by atoms with Crippen molar-refractivity contribution in [3.05, 3.63) is 30.3 Å². The van der Waals surface area contributed by atoms with Gasteiger partial charge in [-0.2, -0.15) is 0 Å². The van der Waals surface area contributed by atoms with Crippen LogP contribution >= 0.6 is 24.0 Å². The summed E-state index contributed by atoms with van der Waals surface area (Å²) >= 11 is 0. The average molecular weight is 393 g/mol. The van der Waals surface area contributed by atoms with Gasteiger partial charge in [-0.3, -0.25) is 4.99 Å². The van der Waals surface area contributed by atoms with Crippen LogP contribution in [0.25, 0.3) is 0 Å². The third kappa shape index (κ3) is 8.98. The molecule has 0 radical (unpaired) electrons. The summed E-state index contributed by atoms with van der Waals surface area (Å²) in [7, 11) is 3.43. The van der Waals surface area contributed by atoms with Gasteiger partial charge < -0.3 is 20.1 Å². The molecule has 0 heterocycles. The molecule has 20 heavy (non-hydrogen) atoms. The van der Waals surface area contributed by atoms with Crippen LogP contribution in [0.2, 0.25) is 0 Å². The molecule has 0 atom stereocenters. The number of rotatable bonds is 8. The number of guanidine groups is 1. The lowest BCUT2D eigenvalue weighted by atomic mass is 10.3. The first kappa shape index (κ1) is 19.0. The molecular weight excluding hydrogens is 369 g/mol. The molecule has 6 heteroatoms. The van der Waals surface area contributed by atoms with E-state index in [0.717, 1.165) is 31.2 Å². The van der Waals surface area contributed by atoms with Crippen LogP contribution in [0.1, 0.15) is 6.42 Å². The number of ether oxygens (including phenoxy) is 2. The normalized spacial score (nSPS) is 10.6. The van der Waals surface area contributed by atoms with E-state index in [4.69, 9.17) is 9.47 Å². The van der Waals surface area contributed by atoms with Crippen molar-refractivity contribution in [1.29, 1.82) is 0 Å². The highest BCUT2D eigenvalue weighted by atomic mass is 127. The molecule has 5 nitrogen and oxygen atoms in total. The van der Waals surface area contributed by atoms with Crippen LogP contribution in [-0.2, 0) is 4.74 Å². The number of nitrogens with zero attached hydrogens (tertiary/aromatic N) is 1. The second-order valence-electron chi connectivity index (χ2n) is 3.93. The summed E-state index contributed by atoms with van der Waals surface area (Å²) in [6, 6.07) is 9.83. The summed E-state index contributed by atoms with van der Waals surface area (Å²) in [6.07, 6.45) is 0.917. The van der Waals surface area contributed by atoms with E-state index < -0.39 is 0 Å². The van der Waals surface area contributed by atoms with E-state index in [2.05, 4.69) is 15.6 Å². The van der Waals surface area contributed by atoms with E-state index in [0.29, 0.717) is 13.2 Å². The van der Waals surface area contributed by atoms with Gasteiger partial charge in [0.05, 0.1) is 13.2 Å². The number of nitrogens with one attached hydrogen (secondary N) is 2. The van der Waals surface area contributed by atoms with Gasteiger partial charge >= 0.3 is 0 Å². The minimum Gasteiger partial charge on any atom is -0.494 e. The van der Waals surface area contributed by atoms with E-state index in [-0.39, 0.29) is 24.0 Å². The van der Waals surface area contributed by atoms with Gasteiger partial charge in [0.15, 0.2) is 5.96 Å². The third-order valence-electron chi connectivity index (χ3n) is 2.45. The second-order valence-corrected chi connectivity index (χ2v) is 3.93. The van der Waals surface area contributed by atoms with Gasteiger partial charge in [-0.1, -0.05) is 18.2 Å². The van der Waals surface area contributed by atoms with Gasteiger partial charge in [0.25, 0.3) is 0 Å². The fourth-order valence-electron chi connectivity index (χ4n) is 1.48. The van der Waals surface area contributed by atoms with Crippen molar-refractivity contribution in [3.63, 3.8) is 0 Å².